The molecule has 2 unspecified atom stereocenters. The fourth-order valence-corrected chi connectivity index (χ4v) is 7.75. The van der Waals surface area contributed by atoms with Crippen molar-refractivity contribution >= 4 is 14.9 Å². The zero-order valence-corrected chi connectivity index (χ0v) is 18.6. The van der Waals surface area contributed by atoms with E-state index in [0.717, 1.165) is 0 Å². The van der Waals surface area contributed by atoms with Gasteiger partial charge in [0.2, 0.25) is 0 Å². The Morgan fingerprint density at radius 3 is 2.15 bits per heavy atom. The van der Waals surface area contributed by atoms with E-state index in [1.54, 1.807) is 21.9 Å². The Kier molecular flexibility index (Phi) is 4.59. The highest BCUT2D eigenvalue weighted by molar-refractivity contribution is 6.64. The summed E-state index contributed by atoms with van der Waals surface area (Å²) < 4.78 is 0. The molecule has 0 amide bonds. The van der Waals surface area contributed by atoms with Gasteiger partial charge in [0.05, 0.1) is 8.80 Å². The van der Waals surface area contributed by atoms with Gasteiger partial charge in [0.25, 0.3) is 0 Å². The van der Waals surface area contributed by atoms with Gasteiger partial charge in [-0.25, -0.2) is 0 Å². The molecule has 0 radical (unpaired) electrons. The zero-order valence-electron chi connectivity index (χ0n) is 17.4. The maximum Gasteiger partial charge on any atom is 0.0607 e. The first-order valence-corrected chi connectivity index (χ1v) is 13.1. The van der Waals surface area contributed by atoms with E-state index >= 15 is 0 Å². The molecule has 2 aliphatic carbocycles. The van der Waals surface area contributed by atoms with E-state index in [0.29, 0.717) is 11.8 Å². The molecule has 0 aromatic heterocycles. The lowest BCUT2D eigenvalue weighted by molar-refractivity contribution is 0.757. The van der Waals surface area contributed by atoms with Crippen molar-refractivity contribution in [3.8, 4) is 11.1 Å². The van der Waals surface area contributed by atoms with Crippen LogP contribution in [0, 0.1) is 5.92 Å². The highest BCUT2D eigenvalue weighted by atomic mass is 28.3. The van der Waals surface area contributed by atoms with Gasteiger partial charge in [-0.3, -0.25) is 0 Å². The van der Waals surface area contributed by atoms with Crippen LogP contribution in [0.3, 0.4) is 0 Å². The van der Waals surface area contributed by atoms with Gasteiger partial charge in [-0.1, -0.05) is 91.0 Å². The predicted octanol–water partition coefficient (Wildman–Crippen LogP) is 7.16. The van der Waals surface area contributed by atoms with Gasteiger partial charge in [0.1, 0.15) is 0 Å². The fourth-order valence-electron chi connectivity index (χ4n) is 5.48. The second kappa shape index (κ2) is 6.80. The van der Waals surface area contributed by atoms with Gasteiger partial charge < -0.3 is 0 Å². The summed E-state index contributed by atoms with van der Waals surface area (Å²) in [6.07, 6.45) is 2.44. The minimum atomic E-state index is -0.806. The van der Waals surface area contributed by atoms with Crippen molar-refractivity contribution in [2.45, 2.75) is 46.7 Å². The van der Waals surface area contributed by atoms with Crippen molar-refractivity contribution in [1.29, 1.82) is 0 Å². The highest BCUT2D eigenvalue weighted by Gasteiger charge is 2.37. The van der Waals surface area contributed by atoms with Crippen LogP contribution in [0.5, 0.6) is 0 Å². The van der Waals surface area contributed by atoms with E-state index in [2.05, 4.69) is 95.4 Å². The summed E-state index contributed by atoms with van der Waals surface area (Å²) in [6, 6.07) is 17.7. The average Bonchev–Trinajstić information content (AvgIpc) is 3.08. The molecular formula is C26H30Si. The third-order valence-electron chi connectivity index (χ3n) is 6.66. The average molecular weight is 371 g/mol. The molecule has 0 aliphatic heterocycles. The molecular weight excluding hydrogens is 340 g/mol. The monoisotopic (exact) mass is 370 g/mol. The summed E-state index contributed by atoms with van der Waals surface area (Å²) >= 11 is 0. The number of allylic oxidation sites excluding steroid dienone is 5. The molecule has 0 saturated carbocycles. The van der Waals surface area contributed by atoms with E-state index in [4.69, 9.17) is 0 Å². The molecule has 2 atom stereocenters. The molecule has 138 valence electrons. The van der Waals surface area contributed by atoms with Crippen LogP contribution in [0.25, 0.3) is 17.2 Å². The Morgan fingerprint density at radius 1 is 0.815 bits per heavy atom. The zero-order chi connectivity index (χ0) is 19.3. The second-order valence-corrected chi connectivity index (χ2v) is 11.5. The molecule has 0 saturated heterocycles. The summed E-state index contributed by atoms with van der Waals surface area (Å²) in [5, 5.41) is 1.77. The van der Waals surface area contributed by atoms with Gasteiger partial charge in [-0.2, -0.15) is 0 Å². The quantitative estimate of drug-likeness (QED) is 0.503. The fraction of sp³-hybridized carbons (Fsp3) is 0.308. The van der Waals surface area contributed by atoms with Crippen LogP contribution < -0.4 is 0 Å². The molecule has 0 nitrogen and oxygen atoms in total. The van der Waals surface area contributed by atoms with Crippen molar-refractivity contribution in [3.05, 3.63) is 87.1 Å². The number of fused-ring (bicyclic) bond motifs is 1. The normalized spacial score (nSPS) is 22.0. The van der Waals surface area contributed by atoms with Gasteiger partial charge in [-0.15, -0.1) is 0 Å². The summed E-state index contributed by atoms with van der Waals surface area (Å²) in [7, 11) is -0.806. The van der Waals surface area contributed by atoms with Crippen molar-refractivity contribution < 1.29 is 0 Å². The van der Waals surface area contributed by atoms with Crippen LogP contribution in [0.4, 0.5) is 0 Å². The van der Waals surface area contributed by atoms with Crippen molar-refractivity contribution in [2.24, 2.45) is 5.92 Å². The lowest BCUT2D eigenvalue weighted by Crippen LogP contribution is -2.16. The lowest BCUT2D eigenvalue weighted by Gasteiger charge is -2.25. The maximum atomic E-state index is 2.48. The number of rotatable bonds is 3. The SMILES string of the molecule is CC1=Cc2c(-c3ccccc3)cccc2C1C1=C(C)C(C)=C([SiH](C)C)C1C. The van der Waals surface area contributed by atoms with E-state index in [1.165, 1.54) is 27.8 Å². The van der Waals surface area contributed by atoms with Gasteiger partial charge >= 0.3 is 0 Å². The molecule has 2 aromatic carbocycles. The largest absolute Gasteiger partial charge is 0.0748 e. The van der Waals surface area contributed by atoms with E-state index in [-0.39, 0.29) is 0 Å². The predicted molar refractivity (Wildman–Crippen MR) is 122 cm³/mol. The van der Waals surface area contributed by atoms with Gasteiger partial charge in [-0.05, 0) is 60.1 Å². The topological polar surface area (TPSA) is 0 Å². The maximum absolute atomic E-state index is 2.48. The smallest absolute Gasteiger partial charge is 0.0607 e. The summed E-state index contributed by atoms with van der Waals surface area (Å²) in [5.41, 5.74) is 11.9. The van der Waals surface area contributed by atoms with Crippen LogP contribution in [-0.4, -0.2) is 8.80 Å². The Bertz CT molecular complexity index is 986. The summed E-state index contributed by atoms with van der Waals surface area (Å²) in [5.74, 6) is 1.04. The van der Waals surface area contributed by atoms with Crippen LogP contribution >= 0.6 is 0 Å². The van der Waals surface area contributed by atoms with E-state index < -0.39 is 8.80 Å². The Balaban J connectivity index is 1.84. The van der Waals surface area contributed by atoms with Crippen LogP contribution in [0.15, 0.2) is 76.0 Å². The van der Waals surface area contributed by atoms with E-state index in [1.807, 2.05) is 0 Å². The lowest BCUT2D eigenvalue weighted by atomic mass is 9.81. The molecule has 1 heteroatoms. The molecule has 0 heterocycles. The molecule has 2 aliphatic rings. The molecule has 0 N–H and O–H groups in total. The molecule has 27 heavy (non-hydrogen) atoms. The molecule has 4 rings (SSSR count). The van der Waals surface area contributed by atoms with Gasteiger partial charge in [0.15, 0.2) is 0 Å². The highest BCUT2D eigenvalue weighted by Crippen LogP contribution is 2.52. The number of benzene rings is 2. The molecule has 0 bridgehead atoms. The number of hydrogen-bond donors (Lipinski definition) is 0. The van der Waals surface area contributed by atoms with Crippen molar-refractivity contribution in [2.75, 3.05) is 0 Å². The minimum absolute atomic E-state index is 0.443. The second-order valence-electron chi connectivity index (χ2n) is 8.53. The Morgan fingerprint density at radius 2 is 1.52 bits per heavy atom. The summed E-state index contributed by atoms with van der Waals surface area (Å²) in [4.78, 5) is 0. The number of hydrogen-bond acceptors (Lipinski definition) is 0. The first kappa shape index (κ1) is 18.2. The molecule has 2 aromatic rings. The van der Waals surface area contributed by atoms with Crippen molar-refractivity contribution in [1.82, 2.24) is 0 Å². The third kappa shape index (κ3) is 2.80. The van der Waals surface area contributed by atoms with Crippen LogP contribution in [0.1, 0.15) is 44.7 Å². The van der Waals surface area contributed by atoms with Crippen molar-refractivity contribution in [3.63, 3.8) is 0 Å². The Hall–Kier alpha value is -2.12. The molecule has 0 spiro atoms. The standard InChI is InChI=1S/C26H30Si/c1-16-15-23-21(20-11-8-7-9-12-20)13-10-14-22(23)24(16)25-17(2)18(3)26(19(25)4)27(5)6/h7-15,19,24,27H,1-6H3. The first-order valence-electron chi connectivity index (χ1n) is 10.2. The van der Waals surface area contributed by atoms with Crippen LogP contribution in [0.2, 0.25) is 13.1 Å². The van der Waals surface area contributed by atoms with Crippen LogP contribution in [-0.2, 0) is 0 Å². The minimum Gasteiger partial charge on any atom is -0.0748 e. The summed E-state index contributed by atoms with van der Waals surface area (Å²) in [6.45, 7) is 14.4. The molecule has 0 fully saturated rings. The van der Waals surface area contributed by atoms with Gasteiger partial charge in [0, 0.05) is 5.92 Å². The Labute approximate surface area is 165 Å². The third-order valence-corrected chi connectivity index (χ3v) is 8.83. The first-order chi connectivity index (χ1) is 12.9. The van der Waals surface area contributed by atoms with E-state index in [9.17, 15) is 0 Å².